The van der Waals surface area contributed by atoms with Crippen molar-refractivity contribution in [2.75, 3.05) is 0 Å². The maximum atomic E-state index is 6.15. The second kappa shape index (κ2) is 8.11. The molecule has 0 aliphatic heterocycles. The van der Waals surface area contributed by atoms with Crippen LogP contribution in [0.3, 0.4) is 0 Å². The number of para-hydroxylation sites is 1. The van der Waals surface area contributed by atoms with Crippen molar-refractivity contribution in [1.82, 2.24) is 25.1 Å². The van der Waals surface area contributed by atoms with E-state index in [1.807, 2.05) is 61.5 Å². The molecule has 4 N–H and O–H groups in total. The van der Waals surface area contributed by atoms with Gasteiger partial charge in [-0.15, -0.1) is 11.3 Å². The fraction of sp³-hybridized carbons (Fsp3) is 0.0417. The average Bonchev–Trinajstić information content (AvgIpc) is 3.53. The molecule has 158 valence electrons. The summed E-state index contributed by atoms with van der Waals surface area (Å²) in [7, 11) is 0. The van der Waals surface area contributed by atoms with E-state index in [0.717, 1.165) is 48.1 Å². The van der Waals surface area contributed by atoms with Gasteiger partial charge in [0.1, 0.15) is 5.52 Å². The molecule has 6 nitrogen and oxygen atoms in total. The van der Waals surface area contributed by atoms with Crippen LogP contribution < -0.4 is 5.73 Å². The Morgan fingerprint density at radius 1 is 1.09 bits per heavy atom. The molecular weight excluding hydrogens is 440 g/mol. The molecule has 0 saturated carbocycles. The Hall–Kier alpha value is -3.68. The summed E-state index contributed by atoms with van der Waals surface area (Å²) in [5, 5.41) is 7.55. The minimum absolute atomic E-state index is 0.575. The Labute approximate surface area is 193 Å². The van der Waals surface area contributed by atoms with Crippen LogP contribution in [0.15, 0.2) is 73.0 Å². The van der Waals surface area contributed by atoms with E-state index in [2.05, 4.69) is 21.8 Å². The zero-order chi connectivity index (χ0) is 22.2. The molecule has 1 aromatic carbocycles. The van der Waals surface area contributed by atoms with E-state index in [1.165, 1.54) is 11.3 Å². The molecule has 4 heterocycles. The zero-order valence-electron chi connectivity index (χ0n) is 17.2. The molecule has 8 heteroatoms. The van der Waals surface area contributed by atoms with Crippen molar-refractivity contribution in [3.8, 4) is 22.0 Å². The molecule has 0 amide bonds. The van der Waals surface area contributed by atoms with Crippen molar-refractivity contribution in [2.45, 2.75) is 6.92 Å². The lowest BCUT2D eigenvalue weighted by atomic mass is 10.1. The van der Waals surface area contributed by atoms with Crippen LogP contribution in [-0.4, -0.2) is 25.1 Å². The molecule has 0 bridgehead atoms. The van der Waals surface area contributed by atoms with Gasteiger partial charge in [-0.1, -0.05) is 36.4 Å². The van der Waals surface area contributed by atoms with Crippen LogP contribution in [0.2, 0.25) is 4.34 Å². The highest BCUT2D eigenvalue weighted by Crippen LogP contribution is 2.36. The van der Waals surface area contributed by atoms with E-state index >= 15 is 0 Å². The fourth-order valence-electron chi connectivity index (χ4n) is 3.57. The molecular formula is C24H19ClN6S. The fourth-order valence-corrected chi connectivity index (χ4v) is 4.64. The van der Waals surface area contributed by atoms with Gasteiger partial charge in [-0.25, -0.2) is 9.97 Å². The smallest absolute Gasteiger partial charge is 0.161 e. The maximum Gasteiger partial charge on any atom is 0.161 e. The normalized spacial score (nSPS) is 12.7. The van der Waals surface area contributed by atoms with Gasteiger partial charge in [-0.05, 0) is 55.0 Å². The molecule has 0 atom stereocenters. The molecule has 32 heavy (non-hydrogen) atoms. The SMILES string of the molecule is C=C/C(N)=C\C(=C/C)c1ccc2[nH]nc(-c3nc4c(-c5ccc(Cl)s5)cccc4[nH]3)c2n1. The van der Waals surface area contributed by atoms with Gasteiger partial charge in [0, 0.05) is 16.1 Å². The summed E-state index contributed by atoms with van der Waals surface area (Å²) in [6.07, 6.45) is 5.42. The van der Waals surface area contributed by atoms with Crippen LogP contribution in [-0.2, 0) is 0 Å². The second-order valence-electron chi connectivity index (χ2n) is 7.15. The van der Waals surface area contributed by atoms with E-state index < -0.39 is 0 Å². The van der Waals surface area contributed by atoms with Crippen molar-refractivity contribution < 1.29 is 0 Å². The molecule has 0 aliphatic rings. The number of thiophene rings is 1. The standard InChI is InChI=1S/C24H19ClN6S/c1-3-13(12-14(26)4-2)16-8-9-18-22(27-16)23(31-30-18)24-28-17-7-5-6-15(21(17)29-24)19-10-11-20(25)32-19/h3-12H,2,26H2,1H3,(H,28,29)(H,30,31)/b13-3+,14-12+. The van der Waals surface area contributed by atoms with Crippen molar-refractivity contribution >= 4 is 50.6 Å². The first-order chi connectivity index (χ1) is 15.6. The van der Waals surface area contributed by atoms with Crippen molar-refractivity contribution in [3.05, 3.63) is 83.0 Å². The molecule has 0 radical (unpaired) electrons. The first-order valence-electron chi connectivity index (χ1n) is 9.93. The first-order valence-corrected chi connectivity index (χ1v) is 11.1. The second-order valence-corrected chi connectivity index (χ2v) is 8.86. The Bertz CT molecular complexity index is 1530. The minimum Gasteiger partial charge on any atom is -0.399 e. The summed E-state index contributed by atoms with van der Waals surface area (Å²) < 4.78 is 0.744. The van der Waals surface area contributed by atoms with Crippen molar-refractivity contribution in [2.24, 2.45) is 5.73 Å². The van der Waals surface area contributed by atoms with E-state index in [0.29, 0.717) is 17.2 Å². The van der Waals surface area contributed by atoms with Gasteiger partial charge < -0.3 is 10.7 Å². The molecule has 4 aromatic heterocycles. The maximum absolute atomic E-state index is 6.15. The van der Waals surface area contributed by atoms with Crippen molar-refractivity contribution in [3.63, 3.8) is 0 Å². The van der Waals surface area contributed by atoms with Gasteiger partial charge in [0.25, 0.3) is 0 Å². The number of rotatable bonds is 5. The zero-order valence-corrected chi connectivity index (χ0v) is 18.8. The number of benzene rings is 1. The van der Waals surface area contributed by atoms with E-state index in [4.69, 9.17) is 27.3 Å². The van der Waals surface area contributed by atoms with Gasteiger partial charge in [-0.2, -0.15) is 5.10 Å². The summed E-state index contributed by atoms with van der Waals surface area (Å²) in [4.78, 5) is 14.2. The molecule has 5 aromatic rings. The topological polar surface area (TPSA) is 96.3 Å². The summed E-state index contributed by atoms with van der Waals surface area (Å²) in [5.74, 6) is 0.647. The van der Waals surface area contributed by atoms with Crippen LogP contribution >= 0.6 is 22.9 Å². The monoisotopic (exact) mass is 458 g/mol. The highest BCUT2D eigenvalue weighted by molar-refractivity contribution is 7.19. The number of hydrogen-bond acceptors (Lipinski definition) is 5. The number of pyridine rings is 1. The van der Waals surface area contributed by atoms with Gasteiger partial charge in [-0.3, -0.25) is 5.10 Å². The van der Waals surface area contributed by atoms with E-state index in [-0.39, 0.29) is 0 Å². The number of aromatic nitrogens is 5. The third-order valence-electron chi connectivity index (χ3n) is 5.15. The van der Waals surface area contributed by atoms with Gasteiger partial charge in [0.15, 0.2) is 11.5 Å². The average molecular weight is 459 g/mol. The van der Waals surface area contributed by atoms with Crippen LogP contribution in [0, 0.1) is 0 Å². The molecule has 0 spiro atoms. The van der Waals surface area contributed by atoms with Gasteiger partial charge in [0.2, 0.25) is 0 Å². The quantitative estimate of drug-likeness (QED) is 0.268. The van der Waals surface area contributed by atoms with Crippen LogP contribution in [0.5, 0.6) is 0 Å². The molecule has 0 unspecified atom stereocenters. The number of fused-ring (bicyclic) bond motifs is 2. The largest absolute Gasteiger partial charge is 0.399 e. The summed E-state index contributed by atoms with van der Waals surface area (Å²) in [5.41, 5.74) is 13.2. The number of nitrogens with one attached hydrogen (secondary N) is 2. The van der Waals surface area contributed by atoms with Crippen LogP contribution in [0.4, 0.5) is 0 Å². The number of H-pyrrole nitrogens is 2. The highest BCUT2D eigenvalue weighted by Gasteiger charge is 2.17. The third kappa shape index (κ3) is 3.51. The number of allylic oxidation sites excluding steroid dienone is 4. The number of nitrogens with zero attached hydrogens (tertiary/aromatic N) is 3. The summed E-state index contributed by atoms with van der Waals surface area (Å²) in [6.45, 7) is 5.66. The lowest BCUT2D eigenvalue weighted by Gasteiger charge is -2.03. The van der Waals surface area contributed by atoms with E-state index in [9.17, 15) is 0 Å². The number of imidazole rings is 1. The number of nitrogens with two attached hydrogens (primary N) is 1. The van der Waals surface area contributed by atoms with E-state index in [1.54, 1.807) is 6.08 Å². The summed E-state index contributed by atoms with van der Waals surface area (Å²) in [6, 6.07) is 13.8. The Morgan fingerprint density at radius 2 is 1.97 bits per heavy atom. The minimum atomic E-state index is 0.575. The van der Waals surface area contributed by atoms with Crippen LogP contribution in [0.25, 0.3) is 49.6 Å². The summed E-state index contributed by atoms with van der Waals surface area (Å²) >= 11 is 7.68. The molecule has 0 fully saturated rings. The van der Waals surface area contributed by atoms with Gasteiger partial charge >= 0.3 is 0 Å². The van der Waals surface area contributed by atoms with Crippen LogP contribution in [0.1, 0.15) is 12.6 Å². The Morgan fingerprint density at radius 3 is 2.72 bits per heavy atom. The lowest BCUT2D eigenvalue weighted by Crippen LogP contribution is -1.95. The number of aromatic amines is 2. The van der Waals surface area contributed by atoms with Crippen molar-refractivity contribution in [1.29, 1.82) is 0 Å². The Kier molecular flexibility index (Phi) is 5.13. The highest BCUT2D eigenvalue weighted by atomic mass is 35.5. The first kappa shape index (κ1) is 20.2. The lowest BCUT2D eigenvalue weighted by molar-refractivity contribution is 1.10. The number of halogens is 1. The Balaban J connectivity index is 1.64. The molecule has 0 saturated heterocycles. The number of hydrogen-bond donors (Lipinski definition) is 3. The third-order valence-corrected chi connectivity index (χ3v) is 6.41. The predicted octanol–water partition coefficient (Wildman–Crippen LogP) is 6.32. The molecule has 5 rings (SSSR count). The molecule has 0 aliphatic carbocycles. The predicted molar refractivity (Wildman–Crippen MR) is 133 cm³/mol. The van der Waals surface area contributed by atoms with Gasteiger partial charge in [0.05, 0.1) is 26.6 Å².